The van der Waals surface area contributed by atoms with E-state index in [0.717, 1.165) is 17.4 Å². The van der Waals surface area contributed by atoms with Gasteiger partial charge in [0.1, 0.15) is 5.82 Å². The molecule has 0 unspecified atom stereocenters. The van der Waals surface area contributed by atoms with Crippen molar-refractivity contribution in [2.24, 2.45) is 0 Å². The summed E-state index contributed by atoms with van der Waals surface area (Å²) in [6, 6.07) is 5.85. The molecule has 1 saturated carbocycles. The lowest BCUT2D eigenvalue weighted by molar-refractivity contribution is 0.0951. The third-order valence-electron chi connectivity index (χ3n) is 5.80. The van der Waals surface area contributed by atoms with Crippen molar-refractivity contribution in [2.45, 2.75) is 39.3 Å². The number of rotatable bonds is 9. The Bertz CT molecular complexity index is 1540. The number of benzene rings is 1. The lowest BCUT2D eigenvalue weighted by atomic mass is 10.1. The number of nitrogens with zero attached hydrogens (tertiary/aromatic N) is 2. The molecule has 4 rings (SSSR count). The lowest BCUT2D eigenvalue weighted by Gasteiger charge is -2.18. The Hall–Kier alpha value is -3.07. The van der Waals surface area contributed by atoms with E-state index in [1.807, 2.05) is 22.6 Å². The quantitative estimate of drug-likeness (QED) is 0.305. The van der Waals surface area contributed by atoms with Gasteiger partial charge in [-0.15, -0.1) is 0 Å². The van der Waals surface area contributed by atoms with Gasteiger partial charge in [0.15, 0.2) is 11.6 Å². The van der Waals surface area contributed by atoms with Crippen molar-refractivity contribution in [3.63, 3.8) is 0 Å². The monoisotopic (exact) mass is 643 g/mol. The molecule has 0 spiro atoms. The lowest BCUT2D eigenvalue weighted by Crippen LogP contribution is -2.31. The first-order chi connectivity index (χ1) is 17.5. The third-order valence-corrected chi connectivity index (χ3v) is 7.74. The van der Waals surface area contributed by atoms with Crippen LogP contribution in [-0.4, -0.2) is 35.7 Å². The minimum absolute atomic E-state index is 0.0109. The van der Waals surface area contributed by atoms with Crippen LogP contribution in [0.1, 0.15) is 41.3 Å². The fourth-order valence-electron chi connectivity index (χ4n) is 3.55. The molecule has 0 saturated heterocycles. The summed E-state index contributed by atoms with van der Waals surface area (Å²) in [6.45, 7) is 2.60. The molecule has 1 aliphatic carbocycles. The summed E-state index contributed by atoms with van der Waals surface area (Å²) in [5, 5.41) is 5.74. The zero-order valence-corrected chi connectivity index (χ0v) is 22.9. The van der Waals surface area contributed by atoms with Crippen LogP contribution in [0, 0.1) is 22.1 Å². The molecule has 3 N–H and O–H groups in total. The molecule has 0 bridgehead atoms. The van der Waals surface area contributed by atoms with Crippen LogP contribution in [0.4, 0.5) is 26.0 Å². The first-order valence-corrected chi connectivity index (χ1v) is 14.1. The van der Waals surface area contributed by atoms with Crippen molar-refractivity contribution in [2.75, 3.05) is 15.8 Å². The van der Waals surface area contributed by atoms with Gasteiger partial charge in [-0.3, -0.25) is 14.3 Å². The van der Waals surface area contributed by atoms with Gasteiger partial charge in [-0.05, 0) is 73.5 Å². The summed E-state index contributed by atoms with van der Waals surface area (Å²) in [5.74, 6) is -2.70. The normalized spacial score (nSPS) is 13.3. The van der Waals surface area contributed by atoms with E-state index in [1.54, 1.807) is 6.07 Å². The molecule has 37 heavy (non-hydrogen) atoms. The summed E-state index contributed by atoms with van der Waals surface area (Å²) in [7, 11) is -3.78. The van der Waals surface area contributed by atoms with Crippen LogP contribution in [0.15, 0.2) is 41.5 Å². The van der Waals surface area contributed by atoms with Gasteiger partial charge < -0.3 is 15.2 Å². The first kappa shape index (κ1) is 27.0. The van der Waals surface area contributed by atoms with E-state index in [-0.39, 0.29) is 46.4 Å². The SMILES string of the molecule is CCS(=O)(=O)Nc1nccc(Cn2cc(C(=O)NC3CC3)c(Nc3ccc(I)cc3F)c(C)c2=O)c1F. The zero-order chi connectivity index (χ0) is 26.9. The maximum atomic E-state index is 15.1. The number of amides is 1. The van der Waals surface area contributed by atoms with E-state index >= 15 is 4.39 Å². The highest BCUT2D eigenvalue weighted by Crippen LogP contribution is 2.28. The van der Waals surface area contributed by atoms with Gasteiger partial charge >= 0.3 is 0 Å². The molecule has 13 heteroatoms. The minimum Gasteiger partial charge on any atom is -0.352 e. The fourth-order valence-corrected chi connectivity index (χ4v) is 4.58. The van der Waals surface area contributed by atoms with Gasteiger partial charge in [0.25, 0.3) is 11.5 Å². The van der Waals surface area contributed by atoms with E-state index in [9.17, 15) is 22.4 Å². The third kappa shape index (κ3) is 6.26. The van der Waals surface area contributed by atoms with Crippen molar-refractivity contribution in [1.82, 2.24) is 14.9 Å². The van der Waals surface area contributed by atoms with Crippen LogP contribution < -0.4 is 20.9 Å². The van der Waals surface area contributed by atoms with Crippen LogP contribution in [0.3, 0.4) is 0 Å². The number of hydrogen-bond donors (Lipinski definition) is 3. The number of pyridine rings is 2. The van der Waals surface area contributed by atoms with E-state index in [2.05, 4.69) is 20.3 Å². The summed E-state index contributed by atoms with van der Waals surface area (Å²) < 4.78 is 57.3. The Morgan fingerprint density at radius 2 is 1.97 bits per heavy atom. The molecule has 0 atom stereocenters. The van der Waals surface area contributed by atoms with E-state index < -0.39 is 38.9 Å². The molecule has 9 nitrogen and oxygen atoms in total. The number of nitrogens with one attached hydrogen (secondary N) is 3. The van der Waals surface area contributed by atoms with Gasteiger partial charge in [0.2, 0.25) is 10.0 Å². The van der Waals surface area contributed by atoms with E-state index in [1.165, 1.54) is 44.4 Å². The second kappa shape index (κ2) is 10.7. The molecule has 1 aliphatic rings. The Balaban J connectivity index is 1.76. The van der Waals surface area contributed by atoms with Crippen LogP contribution in [0.2, 0.25) is 0 Å². The molecule has 1 aromatic carbocycles. The number of carbonyl (C=O) groups is 1. The summed E-state index contributed by atoms with van der Waals surface area (Å²) in [4.78, 5) is 30.1. The van der Waals surface area contributed by atoms with Crippen LogP contribution in [0.25, 0.3) is 0 Å². The highest BCUT2D eigenvalue weighted by Gasteiger charge is 2.27. The Morgan fingerprint density at radius 3 is 2.62 bits per heavy atom. The van der Waals surface area contributed by atoms with Crippen molar-refractivity contribution in [3.8, 4) is 0 Å². The summed E-state index contributed by atoms with van der Waals surface area (Å²) in [5.41, 5.74) is -0.0992. The molecule has 1 fully saturated rings. The highest BCUT2D eigenvalue weighted by atomic mass is 127. The van der Waals surface area contributed by atoms with Gasteiger partial charge in [0, 0.05) is 33.1 Å². The Morgan fingerprint density at radius 1 is 1.24 bits per heavy atom. The van der Waals surface area contributed by atoms with Crippen molar-refractivity contribution < 1.29 is 22.0 Å². The number of aromatic nitrogens is 2. The first-order valence-electron chi connectivity index (χ1n) is 11.4. The molecule has 2 aromatic heterocycles. The maximum Gasteiger partial charge on any atom is 0.255 e. The molecule has 2 heterocycles. The highest BCUT2D eigenvalue weighted by molar-refractivity contribution is 14.1. The average Bonchev–Trinajstić information content (AvgIpc) is 3.66. The predicted molar refractivity (Wildman–Crippen MR) is 145 cm³/mol. The number of halogens is 3. The zero-order valence-electron chi connectivity index (χ0n) is 19.9. The van der Waals surface area contributed by atoms with Gasteiger partial charge in [-0.1, -0.05) is 0 Å². The fraction of sp³-hybridized carbons (Fsp3) is 0.292. The molecular weight excluding hydrogens is 619 g/mol. The second-order valence-corrected chi connectivity index (χ2v) is 11.9. The molecule has 196 valence electrons. The van der Waals surface area contributed by atoms with E-state index in [4.69, 9.17) is 0 Å². The molecule has 0 aliphatic heterocycles. The molecule has 0 radical (unpaired) electrons. The largest absolute Gasteiger partial charge is 0.352 e. The number of carbonyl (C=O) groups excluding carboxylic acids is 1. The van der Waals surface area contributed by atoms with Crippen LogP contribution in [0.5, 0.6) is 0 Å². The second-order valence-electron chi connectivity index (χ2n) is 8.61. The predicted octanol–water partition coefficient (Wildman–Crippen LogP) is 3.88. The number of sulfonamides is 1. The van der Waals surface area contributed by atoms with Gasteiger partial charge in [-0.2, -0.15) is 0 Å². The van der Waals surface area contributed by atoms with Crippen molar-refractivity contribution >= 4 is 55.7 Å². The summed E-state index contributed by atoms with van der Waals surface area (Å²) in [6.07, 6.45) is 4.17. The molecule has 1 amide bonds. The number of anilines is 3. The van der Waals surface area contributed by atoms with Crippen molar-refractivity contribution in [1.29, 1.82) is 0 Å². The minimum atomic E-state index is -3.78. The maximum absolute atomic E-state index is 15.1. The van der Waals surface area contributed by atoms with Gasteiger partial charge in [0.05, 0.1) is 29.2 Å². The number of hydrogen-bond acceptors (Lipinski definition) is 6. The van der Waals surface area contributed by atoms with Crippen molar-refractivity contribution in [3.05, 3.63) is 78.9 Å². The van der Waals surface area contributed by atoms with Gasteiger partial charge in [-0.25, -0.2) is 22.2 Å². The van der Waals surface area contributed by atoms with Crippen LogP contribution in [-0.2, 0) is 16.6 Å². The Labute approximate surface area is 225 Å². The van der Waals surface area contributed by atoms with Crippen LogP contribution >= 0.6 is 22.6 Å². The molecule has 3 aromatic rings. The molecular formula is C24H24F2IN5O4S. The Kier molecular flexibility index (Phi) is 7.83. The van der Waals surface area contributed by atoms with E-state index in [0.29, 0.717) is 3.57 Å². The standard InChI is InChI=1S/C24H24F2IN5O4S/c1-3-37(35,36)31-22-20(26)14(8-9-28-22)11-32-12-17(23(33)29-16-5-6-16)21(13(2)24(32)34)30-19-7-4-15(27)10-18(19)25/h4,7-10,12,16,30H,3,5-6,11H2,1-2H3,(H,28,31)(H,29,33). The summed E-state index contributed by atoms with van der Waals surface area (Å²) >= 11 is 1.97. The smallest absolute Gasteiger partial charge is 0.255 e. The topological polar surface area (TPSA) is 122 Å². The average molecular weight is 643 g/mol.